The molecule has 0 saturated carbocycles. The van der Waals surface area contributed by atoms with Gasteiger partial charge < -0.3 is 9.84 Å². The van der Waals surface area contributed by atoms with Crippen molar-refractivity contribution >= 4 is 28.9 Å². The Labute approximate surface area is 172 Å². The minimum Gasteiger partial charge on any atom is -0.506 e. The highest BCUT2D eigenvalue weighted by Gasteiger charge is 2.42. The zero-order valence-electron chi connectivity index (χ0n) is 14.7. The number of phenols is 1. The molecule has 0 bridgehead atoms. The molecule has 5 rings (SSSR count). The van der Waals surface area contributed by atoms with Crippen LogP contribution in [0, 0.1) is 0 Å². The predicted octanol–water partition coefficient (Wildman–Crippen LogP) is 5.94. The van der Waals surface area contributed by atoms with E-state index >= 15 is 0 Å². The number of para-hydroxylation sites is 1. The van der Waals surface area contributed by atoms with E-state index in [0.29, 0.717) is 10.6 Å². The van der Waals surface area contributed by atoms with Gasteiger partial charge in [-0.1, -0.05) is 71.7 Å². The van der Waals surface area contributed by atoms with Crippen molar-refractivity contribution in [3.8, 4) is 11.5 Å². The second-order valence-corrected chi connectivity index (χ2v) is 7.69. The van der Waals surface area contributed by atoms with Crippen LogP contribution in [-0.2, 0) is 0 Å². The van der Waals surface area contributed by atoms with E-state index in [1.54, 1.807) is 6.07 Å². The molecule has 0 unspecified atom stereocenters. The summed E-state index contributed by atoms with van der Waals surface area (Å²) in [6, 6.07) is 21.2. The van der Waals surface area contributed by atoms with Crippen LogP contribution in [0.5, 0.6) is 11.5 Å². The average molecular weight is 411 g/mol. The average Bonchev–Trinajstić information content (AvgIpc) is 3.16. The zero-order chi connectivity index (χ0) is 19.3. The van der Waals surface area contributed by atoms with E-state index in [-0.39, 0.29) is 16.8 Å². The molecule has 0 aliphatic carbocycles. The summed E-state index contributed by atoms with van der Waals surface area (Å²) in [5.74, 6) is 0.728. The second-order valence-electron chi connectivity index (χ2n) is 6.85. The first-order chi connectivity index (χ1) is 13.6. The minimum absolute atomic E-state index is 0.00214. The van der Waals surface area contributed by atoms with Crippen LogP contribution in [0.15, 0.2) is 71.8 Å². The molecule has 3 aromatic rings. The van der Waals surface area contributed by atoms with Crippen molar-refractivity contribution in [2.45, 2.75) is 18.7 Å². The van der Waals surface area contributed by atoms with Crippen LogP contribution >= 0.6 is 23.2 Å². The monoisotopic (exact) mass is 410 g/mol. The molecule has 4 nitrogen and oxygen atoms in total. The first-order valence-corrected chi connectivity index (χ1v) is 9.72. The van der Waals surface area contributed by atoms with Gasteiger partial charge in [0, 0.05) is 17.0 Å². The minimum atomic E-state index is -0.627. The van der Waals surface area contributed by atoms with Gasteiger partial charge in [0.25, 0.3) is 0 Å². The van der Waals surface area contributed by atoms with Crippen LogP contribution in [0.25, 0.3) is 0 Å². The van der Waals surface area contributed by atoms with Crippen molar-refractivity contribution in [3.63, 3.8) is 0 Å². The molecule has 0 spiro atoms. The van der Waals surface area contributed by atoms with Gasteiger partial charge in [-0.2, -0.15) is 5.10 Å². The molecule has 0 amide bonds. The number of ether oxygens (including phenoxy) is 1. The highest BCUT2D eigenvalue weighted by atomic mass is 35.5. The van der Waals surface area contributed by atoms with Gasteiger partial charge in [-0.25, -0.2) is 5.01 Å². The van der Waals surface area contributed by atoms with E-state index in [1.165, 1.54) is 6.07 Å². The lowest BCUT2D eigenvalue weighted by atomic mass is 9.96. The Kier molecular flexibility index (Phi) is 4.18. The van der Waals surface area contributed by atoms with Crippen molar-refractivity contribution in [1.82, 2.24) is 5.01 Å². The van der Waals surface area contributed by atoms with Crippen molar-refractivity contribution in [3.05, 3.63) is 93.5 Å². The number of halogens is 2. The number of hydrazone groups is 1. The molecule has 28 heavy (non-hydrogen) atoms. The van der Waals surface area contributed by atoms with Crippen LogP contribution in [0.4, 0.5) is 0 Å². The molecule has 2 atom stereocenters. The van der Waals surface area contributed by atoms with Crippen molar-refractivity contribution in [2.24, 2.45) is 5.10 Å². The number of hydrogen-bond acceptors (Lipinski definition) is 4. The van der Waals surface area contributed by atoms with Gasteiger partial charge >= 0.3 is 0 Å². The number of aromatic hydroxyl groups is 1. The summed E-state index contributed by atoms with van der Waals surface area (Å²) >= 11 is 12.4. The maximum Gasteiger partial charge on any atom is 0.217 e. The molecule has 2 aliphatic heterocycles. The summed E-state index contributed by atoms with van der Waals surface area (Å²) < 4.78 is 6.25. The van der Waals surface area contributed by atoms with E-state index in [0.717, 1.165) is 29.0 Å². The maximum absolute atomic E-state index is 10.6. The van der Waals surface area contributed by atoms with Crippen LogP contribution in [0.1, 0.15) is 35.4 Å². The quantitative estimate of drug-likeness (QED) is 0.568. The first-order valence-electron chi connectivity index (χ1n) is 8.96. The van der Waals surface area contributed by atoms with Crippen LogP contribution < -0.4 is 4.74 Å². The van der Waals surface area contributed by atoms with Crippen LogP contribution in [0.2, 0.25) is 10.0 Å². The van der Waals surface area contributed by atoms with Crippen molar-refractivity contribution in [2.75, 3.05) is 0 Å². The van der Waals surface area contributed by atoms with E-state index in [9.17, 15) is 5.11 Å². The Hall–Kier alpha value is -2.69. The van der Waals surface area contributed by atoms with E-state index < -0.39 is 6.23 Å². The molecule has 3 aromatic carbocycles. The highest BCUT2D eigenvalue weighted by molar-refractivity contribution is 6.35. The number of rotatable bonds is 2. The molecule has 0 aromatic heterocycles. The molecular weight excluding hydrogens is 395 g/mol. The van der Waals surface area contributed by atoms with Gasteiger partial charge in [-0.05, 0) is 23.8 Å². The summed E-state index contributed by atoms with van der Waals surface area (Å²) in [6.07, 6.45) is 0.118. The summed E-state index contributed by atoms with van der Waals surface area (Å²) in [7, 11) is 0. The molecule has 2 aliphatic rings. The molecule has 0 radical (unpaired) electrons. The fourth-order valence-corrected chi connectivity index (χ4v) is 4.33. The van der Waals surface area contributed by atoms with Crippen LogP contribution in [0.3, 0.4) is 0 Å². The third kappa shape index (κ3) is 2.81. The van der Waals surface area contributed by atoms with E-state index in [1.807, 2.05) is 53.5 Å². The van der Waals surface area contributed by atoms with Gasteiger partial charge in [-0.15, -0.1) is 0 Å². The fraction of sp³-hybridized carbons (Fsp3) is 0.136. The predicted molar refractivity (Wildman–Crippen MR) is 110 cm³/mol. The number of hydrogen-bond donors (Lipinski definition) is 1. The molecule has 1 N–H and O–H groups in total. The number of benzene rings is 3. The third-order valence-corrected chi connectivity index (χ3v) is 5.64. The van der Waals surface area contributed by atoms with Crippen LogP contribution in [-0.4, -0.2) is 15.8 Å². The maximum atomic E-state index is 10.6. The Morgan fingerprint density at radius 2 is 1.71 bits per heavy atom. The van der Waals surface area contributed by atoms with Gasteiger partial charge in [0.05, 0.1) is 22.3 Å². The zero-order valence-corrected chi connectivity index (χ0v) is 16.2. The van der Waals surface area contributed by atoms with Gasteiger partial charge in [0.1, 0.15) is 11.5 Å². The second kappa shape index (κ2) is 6.73. The molecule has 140 valence electrons. The lowest BCUT2D eigenvalue weighted by Gasteiger charge is -2.38. The van der Waals surface area contributed by atoms with E-state index in [2.05, 4.69) is 6.07 Å². The Morgan fingerprint density at radius 1 is 0.964 bits per heavy atom. The molecule has 0 saturated heterocycles. The first kappa shape index (κ1) is 17.4. The molecule has 0 fully saturated rings. The highest BCUT2D eigenvalue weighted by Crippen LogP contribution is 2.49. The number of fused-ring (bicyclic) bond motifs is 3. The van der Waals surface area contributed by atoms with Gasteiger partial charge in [-0.3, -0.25) is 0 Å². The summed E-state index contributed by atoms with van der Waals surface area (Å²) in [5.41, 5.74) is 3.61. The molecule has 2 heterocycles. The topological polar surface area (TPSA) is 45.1 Å². The summed E-state index contributed by atoms with van der Waals surface area (Å²) in [4.78, 5) is 0. The summed E-state index contributed by atoms with van der Waals surface area (Å²) in [5, 5.41) is 18.0. The normalized spacial score (nSPS) is 20.2. The Bertz CT molecular complexity index is 1090. The largest absolute Gasteiger partial charge is 0.506 e. The van der Waals surface area contributed by atoms with Crippen molar-refractivity contribution < 1.29 is 9.84 Å². The lowest BCUT2D eigenvalue weighted by Crippen LogP contribution is -2.33. The van der Waals surface area contributed by atoms with Gasteiger partial charge in [0.2, 0.25) is 6.23 Å². The lowest BCUT2D eigenvalue weighted by molar-refractivity contribution is -0.0203. The Balaban J connectivity index is 1.65. The van der Waals surface area contributed by atoms with Gasteiger partial charge in [0.15, 0.2) is 0 Å². The molecule has 6 heteroatoms. The SMILES string of the molecule is Oc1c(Cl)cc(Cl)cc1[C@@H]1Oc2ccccc2[C@@H]2CC(c3ccccc3)=NN21. The van der Waals surface area contributed by atoms with E-state index in [4.69, 9.17) is 33.0 Å². The fourth-order valence-electron chi connectivity index (χ4n) is 3.82. The van der Waals surface area contributed by atoms with Crippen molar-refractivity contribution in [1.29, 1.82) is 0 Å². The Morgan fingerprint density at radius 3 is 2.54 bits per heavy atom. The smallest absolute Gasteiger partial charge is 0.217 e. The third-order valence-electron chi connectivity index (χ3n) is 5.13. The standard InChI is InChI=1S/C22H16Cl2N2O2/c23-14-10-16(21(27)17(24)11-14)22-26-19(15-8-4-5-9-20(15)28-22)12-18(25-26)13-6-2-1-3-7-13/h1-11,19,22,27H,12H2/t19-,22-/m0/s1. The molecular formula is C22H16Cl2N2O2. The number of nitrogens with zero attached hydrogens (tertiary/aromatic N) is 2. The summed E-state index contributed by atoms with van der Waals surface area (Å²) in [6.45, 7) is 0. The number of phenolic OH excluding ortho intramolecular Hbond substituents is 1.